The van der Waals surface area contributed by atoms with Crippen LogP contribution < -0.4 is 5.32 Å². The lowest BCUT2D eigenvalue weighted by atomic mass is 9.76. The van der Waals surface area contributed by atoms with Crippen molar-refractivity contribution in [3.8, 4) is 0 Å². The topological polar surface area (TPSA) is 34.2 Å². The predicted octanol–water partition coefficient (Wildman–Crippen LogP) is 3.07. The first kappa shape index (κ1) is 14.8. The van der Waals surface area contributed by atoms with Crippen LogP contribution in [0.15, 0.2) is 18.5 Å². The summed E-state index contributed by atoms with van der Waals surface area (Å²) >= 11 is 6.25. The fourth-order valence-corrected chi connectivity index (χ4v) is 2.97. The lowest BCUT2D eigenvalue weighted by Crippen LogP contribution is -2.41. The highest BCUT2D eigenvalue weighted by molar-refractivity contribution is 6.31. The Labute approximate surface area is 120 Å². The lowest BCUT2D eigenvalue weighted by Gasteiger charge is -2.33. The van der Waals surface area contributed by atoms with Crippen LogP contribution in [0.3, 0.4) is 0 Å². The molecule has 3 nitrogen and oxygen atoms in total. The zero-order valence-corrected chi connectivity index (χ0v) is 12.5. The van der Waals surface area contributed by atoms with Crippen molar-refractivity contribution in [1.82, 2.24) is 10.3 Å². The Kier molecular flexibility index (Phi) is 5.20. The van der Waals surface area contributed by atoms with Crippen LogP contribution in [0.25, 0.3) is 0 Å². The van der Waals surface area contributed by atoms with E-state index in [1.54, 1.807) is 6.20 Å². The molecule has 1 fully saturated rings. The molecule has 2 heterocycles. The molecule has 1 N–H and O–H groups in total. The summed E-state index contributed by atoms with van der Waals surface area (Å²) < 4.78 is 5.81. The summed E-state index contributed by atoms with van der Waals surface area (Å²) in [7, 11) is 0. The molecule has 2 unspecified atom stereocenters. The normalized spacial score (nSPS) is 26.8. The third-order valence-electron chi connectivity index (χ3n) is 4.13. The van der Waals surface area contributed by atoms with Crippen LogP contribution in [0.2, 0.25) is 5.02 Å². The maximum absolute atomic E-state index is 6.25. The van der Waals surface area contributed by atoms with E-state index in [-0.39, 0.29) is 11.5 Å². The Balaban J connectivity index is 2.12. The van der Waals surface area contributed by atoms with Crippen molar-refractivity contribution in [1.29, 1.82) is 0 Å². The first-order valence-electron chi connectivity index (χ1n) is 7.08. The van der Waals surface area contributed by atoms with Gasteiger partial charge in [-0.05, 0) is 44.4 Å². The van der Waals surface area contributed by atoms with E-state index in [1.165, 1.54) is 5.56 Å². The molecule has 1 aromatic heterocycles. The molecule has 106 valence electrons. The van der Waals surface area contributed by atoms with Gasteiger partial charge < -0.3 is 10.1 Å². The van der Waals surface area contributed by atoms with Gasteiger partial charge in [-0.15, -0.1) is 0 Å². The predicted molar refractivity (Wildman–Crippen MR) is 78.6 cm³/mol. The molecule has 4 heteroatoms. The van der Waals surface area contributed by atoms with Gasteiger partial charge in [0.25, 0.3) is 0 Å². The second-order valence-electron chi connectivity index (χ2n) is 5.45. The third kappa shape index (κ3) is 3.47. The number of pyridine rings is 1. The first-order valence-corrected chi connectivity index (χ1v) is 7.46. The lowest BCUT2D eigenvalue weighted by molar-refractivity contribution is 0.0631. The number of halogens is 1. The van der Waals surface area contributed by atoms with Gasteiger partial charge in [0.2, 0.25) is 0 Å². The van der Waals surface area contributed by atoms with Gasteiger partial charge in [-0.1, -0.05) is 18.5 Å². The molecule has 0 bridgehead atoms. The molecule has 1 aromatic rings. The number of hydrogen-bond donors (Lipinski definition) is 1. The van der Waals surface area contributed by atoms with E-state index in [0.717, 1.165) is 44.0 Å². The Morgan fingerprint density at radius 3 is 3.05 bits per heavy atom. The van der Waals surface area contributed by atoms with Gasteiger partial charge in [-0.3, -0.25) is 4.98 Å². The van der Waals surface area contributed by atoms with Crippen LogP contribution in [-0.2, 0) is 11.2 Å². The molecule has 0 spiro atoms. The van der Waals surface area contributed by atoms with Gasteiger partial charge in [0.15, 0.2) is 0 Å². The van der Waals surface area contributed by atoms with Gasteiger partial charge in [0.1, 0.15) is 0 Å². The second-order valence-corrected chi connectivity index (χ2v) is 5.85. The number of nitrogens with zero attached hydrogens (tertiary/aromatic N) is 1. The SMILES string of the molecule is CCCNCC1(Cc2ccncc2Cl)CCOC1C. The van der Waals surface area contributed by atoms with Crippen molar-refractivity contribution in [2.24, 2.45) is 5.41 Å². The average Bonchev–Trinajstić information content (AvgIpc) is 2.75. The minimum atomic E-state index is 0.153. The Bertz CT molecular complexity index is 413. The monoisotopic (exact) mass is 282 g/mol. The highest BCUT2D eigenvalue weighted by Crippen LogP contribution is 2.38. The quantitative estimate of drug-likeness (QED) is 0.814. The Morgan fingerprint density at radius 2 is 2.42 bits per heavy atom. The number of ether oxygens (including phenoxy) is 1. The Hall–Kier alpha value is -0.640. The summed E-state index contributed by atoms with van der Waals surface area (Å²) in [6, 6.07) is 2.02. The molecule has 1 aliphatic heterocycles. The summed E-state index contributed by atoms with van der Waals surface area (Å²) in [5, 5.41) is 4.31. The van der Waals surface area contributed by atoms with Crippen LogP contribution in [0.1, 0.15) is 32.3 Å². The van der Waals surface area contributed by atoms with Crippen molar-refractivity contribution < 1.29 is 4.74 Å². The zero-order chi connectivity index (χ0) is 13.7. The van der Waals surface area contributed by atoms with Gasteiger partial charge in [0.05, 0.1) is 11.1 Å². The number of rotatable bonds is 6. The third-order valence-corrected chi connectivity index (χ3v) is 4.47. The van der Waals surface area contributed by atoms with Crippen LogP contribution in [0.5, 0.6) is 0 Å². The zero-order valence-electron chi connectivity index (χ0n) is 11.8. The minimum Gasteiger partial charge on any atom is -0.378 e. The molecular formula is C15H23ClN2O. The van der Waals surface area contributed by atoms with Crippen LogP contribution in [0.4, 0.5) is 0 Å². The number of aromatic nitrogens is 1. The van der Waals surface area contributed by atoms with Crippen LogP contribution in [0, 0.1) is 5.41 Å². The van der Waals surface area contributed by atoms with Gasteiger partial charge in [-0.2, -0.15) is 0 Å². The average molecular weight is 283 g/mol. The van der Waals surface area contributed by atoms with Gasteiger partial charge >= 0.3 is 0 Å². The van der Waals surface area contributed by atoms with E-state index < -0.39 is 0 Å². The molecule has 0 aliphatic carbocycles. The molecule has 0 radical (unpaired) electrons. The largest absolute Gasteiger partial charge is 0.378 e. The summed E-state index contributed by atoms with van der Waals surface area (Å²) in [5.74, 6) is 0. The molecule has 2 atom stereocenters. The summed E-state index contributed by atoms with van der Waals surface area (Å²) in [6.45, 7) is 7.25. The van der Waals surface area contributed by atoms with E-state index in [4.69, 9.17) is 16.3 Å². The highest BCUT2D eigenvalue weighted by atomic mass is 35.5. The van der Waals surface area contributed by atoms with Gasteiger partial charge in [0, 0.05) is 31.0 Å². The van der Waals surface area contributed by atoms with Crippen molar-refractivity contribution in [3.63, 3.8) is 0 Å². The fraction of sp³-hybridized carbons (Fsp3) is 0.667. The molecule has 0 saturated carbocycles. The van der Waals surface area contributed by atoms with Crippen molar-refractivity contribution in [2.75, 3.05) is 19.7 Å². The van der Waals surface area contributed by atoms with E-state index in [0.29, 0.717) is 0 Å². The van der Waals surface area contributed by atoms with Crippen molar-refractivity contribution in [3.05, 3.63) is 29.0 Å². The minimum absolute atomic E-state index is 0.153. The molecular weight excluding hydrogens is 260 g/mol. The van der Waals surface area contributed by atoms with E-state index in [9.17, 15) is 0 Å². The second kappa shape index (κ2) is 6.69. The molecule has 1 aliphatic rings. The number of hydrogen-bond acceptors (Lipinski definition) is 3. The summed E-state index contributed by atoms with van der Waals surface area (Å²) in [4.78, 5) is 4.06. The molecule has 2 rings (SSSR count). The van der Waals surface area contributed by atoms with Crippen molar-refractivity contribution in [2.45, 2.75) is 39.2 Å². The first-order chi connectivity index (χ1) is 9.18. The maximum Gasteiger partial charge on any atom is 0.0621 e. The van der Waals surface area contributed by atoms with E-state index >= 15 is 0 Å². The standard InChI is InChI=1S/C15H23ClN2O/c1-3-6-18-11-15(5-8-19-12(15)2)9-13-4-7-17-10-14(13)16/h4,7,10,12,18H,3,5-6,8-9,11H2,1-2H3. The van der Waals surface area contributed by atoms with E-state index in [1.807, 2.05) is 12.3 Å². The Morgan fingerprint density at radius 1 is 1.58 bits per heavy atom. The van der Waals surface area contributed by atoms with Crippen LogP contribution >= 0.6 is 11.6 Å². The molecule has 1 saturated heterocycles. The fourth-order valence-electron chi connectivity index (χ4n) is 2.79. The molecule has 0 aromatic carbocycles. The van der Waals surface area contributed by atoms with Gasteiger partial charge in [-0.25, -0.2) is 0 Å². The van der Waals surface area contributed by atoms with Crippen LogP contribution in [-0.4, -0.2) is 30.8 Å². The van der Waals surface area contributed by atoms with Crippen molar-refractivity contribution >= 4 is 11.6 Å². The number of nitrogens with one attached hydrogen (secondary N) is 1. The smallest absolute Gasteiger partial charge is 0.0621 e. The molecule has 0 amide bonds. The maximum atomic E-state index is 6.25. The molecule has 19 heavy (non-hydrogen) atoms. The summed E-state index contributed by atoms with van der Waals surface area (Å²) in [5.41, 5.74) is 1.33. The summed E-state index contributed by atoms with van der Waals surface area (Å²) in [6.07, 6.45) is 7.00. The van der Waals surface area contributed by atoms with E-state index in [2.05, 4.69) is 24.1 Å². The highest BCUT2D eigenvalue weighted by Gasteiger charge is 2.41.